The molecule has 3 heteroatoms. The van der Waals surface area contributed by atoms with E-state index in [0.29, 0.717) is 18.7 Å². The molecule has 1 aliphatic carbocycles. The fraction of sp³-hybridized carbons (Fsp3) is 1.00. The largest absolute Gasteiger partial charge is 0.389 e. The van der Waals surface area contributed by atoms with E-state index in [-0.39, 0.29) is 5.41 Å². The summed E-state index contributed by atoms with van der Waals surface area (Å²) in [6.07, 6.45) is 1.39. The van der Waals surface area contributed by atoms with Gasteiger partial charge in [-0.1, -0.05) is 13.8 Å². The highest BCUT2D eigenvalue weighted by molar-refractivity contribution is 5.03. The minimum Gasteiger partial charge on any atom is -0.389 e. The van der Waals surface area contributed by atoms with Crippen LogP contribution in [0.2, 0.25) is 0 Å². The quantitative estimate of drug-likeness (QED) is 0.717. The third-order valence-corrected chi connectivity index (χ3v) is 3.24. The van der Waals surface area contributed by atoms with Crippen molar-refractivity contribution in [3.63, 3.8) is 0 Å². The first kappa shape index (κ1) is 12.0. The van der Waals surface area contributed by atoms with Gasteiger partial charge in [0.05, 0.1) is 11.7 Å². The van der Waals surface area contributed by atoms with E-state index in [1.165, 1.54) is 0 Å². The summed E-state index contributed by atoms with van der Waals surface area (Å²) in [5, 5.41) is 13.0. The Kier molecular flexibility index (Phi) is 3.24. The molecule has 0 heterocycles. The van der Waals surface area contributed by atoms with E-state index in [1.54, 1.807) is 7.11 Å². The fourth-order valence-electron chi connectivity index (χ4n) is 2.00. The van der Waals surface area contributed by atoms with Gasteiger partial charge in [0.25, 0.3) is 0 Å². The van der Waals surface area contributed by atoms with Crippen LogP contribution in [0.25, 0.3) is 0 Å². The van der Waals surface area contributed by atoms with Crippen LogP contribution in [0, 0.1) is 5.41 Å². The first-order valence-electron chi connectivity index (χ1n) is 5.26. The number of nitrogens with one attached hydrogen (secondary N) is 1. The van der Waals surface area contributed by atoms with Crippen LogP contribution in [0.15, 0.2) is 0 Å². The second-order valence-electron chi connectivity index (χ2n) is 5.53. The predicted molar refractivity (Wildman–Crippen MR) is 57.3 cm³/mol. The van der Waals surface area contributed by atoms with Gasteiger partial charge in [-0.3, -0.25) is 0 Å². The molecule has 84 valence electrons. The summed E-state index contributed by atoms with van der Waals surface area (Å²) in [7, 11) is 1.76. The summed E-state index contributed by atoms with van der Waals surface area (Å²) in [6, 6.07) is 0.457. The molecule has 0 bridgehead atoms. The SMILES string of the molecule is COC1CC(NCC(C)(C)O)C1(C)C. The highest BCUT2D eigenvalue weighted by atomic mass is 16.5. The number of rotatable bonds is 4. The van der Waals surface area contributed by atoms with Gasteiger partial charge < -0.3 is 15.2 Å². The molecule has 2 unspecified atom stereocenters. The molecule has 2 N–H and O–H groups in total. The van der Waals surface area contributed by atoms with E-state index >= 15 is 0 Å². The van der Waals surface area contributed by atoms with Crippen LogP contribution in [0.3, 0.4) is 0 Å². The first-order chi connectivity index (χ1) is 6.27. The average molecular weight is 201 g/mol. The van der Waals surface area contributed by atoms with Gasteiger partial charge in [0.1, 0.15) is 0 Å². The van der Waals surface area contributed by atoms with Crippen molar-refractivity contribution in [1.82, 2.24) is 5.32 Å². The third-order valence-electron chi connectivity index (χ3n) is 3.24. The van der Waals surface area contributed by atoms with E-state index in [4.69, 9.17) is 4.74 Å². The Morgan fingerprint density at radius 1 is 1.50 bits per heavy atom. The molecule has 1 aliphatic rings. The molecule has 0 amide bonds. The van der Waals surface area contributed by atoms with Crippen molar-refractivity contribution in [2.45, 2.75) is 51.9 Å². The summed E-state index contributed by atoms with van der Waals surface area (Å²) in [6.45, 7) is 8.68. The smallest absolute Gasteiger partial charge is 0.0715 e. The molecule has 14 heavy (non-hydrogen) atoms. The van der Waals surface area contributed by atoms with Crippen molar-refractivity contribution in [1.29, 1.82) is 0 Å². The molecule has 0 aromatic heterocycles. The van der Waals surface area contributed by atoms with Gasteiger partial charge in [-0.05, 0) is 20.3 Å². The summed E-state index contributed by atoms with van der Waals surface area (Å²) >= 11 is 0. The lowest BCUT2D eigenvalue weighted by Crippen LogP contribution is -2.62. The Hall–Kier alpha value is -0.120. The molecule has 2 atom stereocenters. The Labute approximate surface area is 86.8 Å². The normalized spacial score (nSPS) is 31.3. The molecule has 0 spiro atoms. The van der Waals surface area contributed by atoms with Gasteiger partial charge in [0.2, 0.25) is 0 Å². The van der Waals surface area contributed by atoms with Crippen molar-refractivity contribution < 1.29 is 9.84 Å². The summed E-state index contributed by atoms with van der Waals surface area (Å²) < 4.78 is 5.36. The molecule has 1 saturated carbocycles. The number of ether oxygens (including phenoxy) is 1. The van der Waals surface area contributed by atoms with Crippen molar-refractivity contribution in [2.75, 3.05) is 13.7 Å². The molecule has 1 fully saturated rings. The highest BCUT2D eigenvalue weighted by Crippen LogP contribution is 2.42. The van der Waals surface area contributed by atoms with Gasteiger partial charge >= 0.3 is 0 Å². The Bertz CT molecular complexity index is 196. The standard InChI is InChI=1S/C11H23NO2/c1-10(2,13)7-12-8-6-9(14-5)11(8,3)4/h8-9,12-13H,6-7H2,1-5H3. The maximum absolute atomic E-state index is 9.59. The van der Waals surface area contributed by atoms with E-state index < -0.39 is 5.60 Å². The monoisotopic (exact) mass is 201 g/mol. The van der Waals surface area contributed by atoms with Crippen LogP contribution >= 0.6 is 0 Å². The first-order valence-corrected chi connectivity index (χ1v) is 5.26. The summed E-state index contributed by atoms with van der Waals surface area (Å²) in [5.74, 6) is 0. The number of methoxy groups -OCH3 is 1. The van der Waals surface area contributed by atoms with E-state index in [9.17, 15) is 5.11 Å². The Balaban J connectivity index is 2.36. The van der Waals surface area contributed by atoms with Crippen LogP contribution < -0.4 is 5.32 Å². The van der Waals surface area contributed by atoms with Crippen molar-refractivity contribution in [3.8, 4) is 0 Å². The molecule has 0 aromatic rings. The van der Waals surface area contributed by atoms with Crippen molar-refractivity contribution in [2.24, 2.45) is 5.41 Å². The number of aliphatic hydroxyl groups is 1. The predicted octanol–water partition coefficient (Wildman–Crippen LogP) is 1.16. The van der Waals surface area contributed by atoms with Crippen molar-refractivity contribution in [3.05, 3.63) is 0 Å². The lowest BCUT2D eigenvalue weighted by Gasteiger charge is -2.52. The molecule has 0 aliphatic heterocycles. The molecular formula is C11H23NO2. The van der Waals surface area contributed by atoms with Gasteiger partial charge in [0, 0.05) is 25.1 Å². The molecule has 3 nitrogen and oxygen atoms in total. The second-order valence-corrected chi connectivity index (χ2v) is 5.53. The van der Waals surface area contributed by atoms with Crippen LogP contribution in [0.1, 0.15) is 34.1 Å². The zero-order chi connectivity index (χ0) is 11.0. The average Bonchev–Trinajstić information content (AvgIpc) is 2.00. The minimum absolute atomic E-state index is 0.181. The van der Waals surface area contributed by atoms with E-state index in [1.807, 2.05) is 13.8 Å². The Morgan fingerprint density at radius 2 is 2.07 bits per heavy atom. The van der Waals surface area contributed by atoms with E-state index in [0.717, 1.165) is 6.42 Å². The second kappa shape index (κ2) is 3.80. The topological polar surface area (TPSA) is 41.5 Å². The lowest BCUT2D eigenvalue weighted by atomic mass is 9.64. The van der Waals surface area contributed by atoms with Gasteiger partial charge in [-0.15, -0.1) is 0 Å². The highest BCUT2D eigenvalue weighted by Gasteiger charge is 2.48. The maximum Gasteiger partial charge on any atom is 0.0715 e. The van der Waals surface area contributed by atoms with Crippen LogP contribution in [-0.4, -0.2) is 36.5 Å². The van der Waals surface area contributed by atoms with Crippen LogP contribution in [0.5, 0.6) is 0 Å². The lowest BCUT2D eigenvalue weighted by molar-refractivity contribution is -0.101. The number of hydrogen-bond donors (Lipinski definition) is 2. The molecule has 0 saturated heterocycles. The maximum atomic E-state index is 9.59. The molecule has 0 aromatic carbocycles. The van der Waals surface area contributed by atoms with Gasteiger partial charge in [-0.2, -0.15) is 0 Å². The minimum atomic E-state index is -0.631. The molecular weight excluding hydrogens is 178 g/mol. The third kappa shape index (κ3) is 2.47. The Morgan fingerprint density at radius 3 is 2.43 bits per heavy atom. The van der Waals surface area contributed by atoms with E-state index in [2.05, 4.69) is 19.2 Å². The zero-order valence-corrected chi connectivity index (χ0v) is 9.92. The fourth-order valence-corrected chi connectivity index (χ4v) is 2.00. The van der Waals surface area contributed by atoms with Gasteiger partial charge in [-0.25, -0.2) is 0 Å². The summed E-state index contributed by atoms with van der Waals surface area (Å²) in [4.78, 5) is 0. The van der Waals surface area contributed by atoms with Crippen LogP contribution in [0.4, 0.5) is 0 Å². The van der Waals surface area contributed by atoms with Crippen molar-refractivity contribution >= 4 is 0 Å². The molecule has 0 radical (unpaired) electrons. The summed E-state index contributed by atoms with van der Waals surface area (Å²) in [5.41, 5.74) is -0.450. The molecule has 1 rings (SSSR count). The number of hydrogen-bond acceptors (Lipinski definition) is 3. The van der Waals surface area contributed by atoms with Crippen LogP contribution in [-0.2, 0) is 4.74 Å². The van der Waals surface area contributed by atoms with Gasteiger partial charge in [0.15, 0.2) is 0 Å². The zero-order valence-electron chi connectivity index (χ0n) is 9.92.